The van der Waals surface area contributed by atoms with E-state index in [1.165, 1.54) is 36.4 Å². The van der Waals surface area contributed by atoms with Crippen LogP contribution in [0.4, 0.5) is 15.8 Å². The lowest BCUT2D eigenvalue weighted by Gasteiger charge is -2.08. The monoisotopic (exact) mass is 255 g/mol. The van der Waals surface area contributed by atoms with Gasteiger partial charge in [0.25, 0.3) is 5.91 Å². The summed E-state index contributed by atoms with van der Waals surface area (Å²) in [7, 11) is 0. The molecule has 0 aliphatic carbocycles. The molecule has 1 amide bonds. The third-order valence-electron chi connectivity index (χ3n) is 2.55. The Bertz CT molecular complexity index is 677. The fourth-order valence-electron chi connectivity index (χ4n) is 1.58. The summed E-state index contributed by atoms with van der Waals surface area (Å²) in [6.07, 6.45) is 0. The minimum absolute atomic E-state index is 0.0636. The summed E-state index contributed by atoms with van der Waals surface area (Å²) in [4.78, 5) is 11.9. The van der Waals surface area contributed by atoms with E-state index in [4.69, 9.17) is 11.0 Å². The van der Waals surface area contributed by atoms with Crippen molar-refractivity contribution in [2.45, 2.75) is 0 Å². The Morgan fingerprint density at radius 3 is 2.63 bits per heavy atom. The molecule has 94 valence electrons. The Morgan fingerprint density at radius 2 is 2.00 bits per heavy atom. The number of nitrogens with two attached hydrogens (primary N) is 1. The average molecular weight is 255 g/mol. The lowest BCUT2D eigenvalue weighted by Crippen LogP contribution is -2.14. The van der Waals surface area contributed by atoms with Crippen LogP contribution in [0, 0.1) is 17.1 Å². The predicted molar refractivity (Wildman–Crippen MR) is 69.9 cm³/mol. The number of nitrogens with one attached hydrogen (secondary N) is 1. The zero-order chi connectivity index (χ0) is 13.8. The summed E-state index contributed by atoms with van der Waals surface area (Å²) in [6.45, 7) is 0. The number of halogens is 1. The number of carbonyl (C=O) groups is 1. The Labute approximate surface area is 109 Å². The van der Waals surface area contributed by atoms with Crippen molar-refractivity contribution in [1.82, 2.24) is 0 Å². The van der Waals surface area contributed by atoms with Crippen molar-refractivity contribution in [3.63, 3.8) is 0 Å². The Hall–Kier alpha value is -2.87. The standard InChI is InChI=1S/C14H10FN3O/c15-11-4-2-1-3-10(11)14(19)18-13-6-5-9(8-16)7-12(13)17/h1-7H,17H2,(H,18,19). The van der Waals surface area contributed by atoms with Crippen molar-refractivity contribution in [3.05, 3.63) is 59.4 Å². The first-order valence-electron chi connectivity index (χ1n) is 5.47. The average Bonchev–Trinajstić information content (AvgIpc) is 2.41. The summed E-state index contributed by atoms with van der Waals surface area (Å²) >= 11 is 0. The summed E-state index contributed by atoms with van der Waals surface area (Å²) in [5, 5.41) is 11.2. The van der Waals surface area contributed by atoms with E-state index >= 15 is 0 Å². The van der Waals surface area contributed by atoms with Crippen molar-refractivity contribution in [2.75, 3.05) is 11.1 Å². The van der Waals surface area contributed by atoms with Crippen molar-refractivity contribution >= 4 is 17.3 Å². The van der Waals surface area contributed by atoms with Crippen molar-refractivity contribution < 1.29 is 9.18 Å². The van der Waals surface area contributed by atoms with Crippen LogP contribution in [-0.2, 0) is 0 Å². The van der Waals surface area contributed by atoms with E-state index in [-0.39, 0.29) is 11.3 Å². The van der Waals surface area contributed by atoms with Crippen LogP contribution in [0.15, 0.2) is 42.5 Å². The third-order valence-corrected chi connectivity index (χ3v) is 2.55. The van der Waals surface area contributed by atoms with Crippen LogP contribution in [0.5, 0.6) is 0 Å². The molecule has 2 aromatic rings. The molecule has 2 rings (SSSR count). The fourth-order valence-corrected chi connectivity index (χ4v) is 1.58. The molecule has 0 unspecified atom stereocenters. The second-order valence-corrected chi connectivity index (χ2v) is 3.85. The van der Waals surface area contributed by atoms with E-state index in [9.17, 15) is 9.18 Å². The number of nitriles is 1. The molecule has 0 bridgehead atoms. The number of nitrogens with zero attached hydrogens (tertiary/aromatic N) is 1. The maximum atomic E-state index is 13.4. The highest BCUT2D eigenvalue weighted by atomic mass is 19.1. The number of carbonyl (C=O) groups excluding carboxylic acids is 1. The normalized spacial score (nSPS) is 9.68. The second-order valence-electron chi connectivity index (χ2n) is 3.85. The summed E-state index contributed by atoms with van der Waals surface area (Å²) in [5.74, 6) is -1.19. The van der Waals surface area contributed by atoms with Gasteiger partial charge >= 0.3 is 0 Å². The minimum Gasteiger partial charge on any atom is -0.397 e. The third kappa shape index (κ3) is 2.69. The van der Waals surface area contributed by atoms with E-state index in [0.29, 0.717) is 11.3 Å². The van der Waals surface area contributed by atoms with Gasteiger partial charge in [0.15, 0.2) is 0 Å². The number of anilines is 2. The quantitative estimate of drug-likeness (QED) is 0.809. The lowest BCUT2D eigenvalue weighted by atomic mass is 10.1. The van der Waals surface area contributed by atoms with Crippen LogP contribution in [-0.4, -0.2) is 5.91 Å². The molecule has 3 N–H and O–H groups in total. The van der Waals surface area contributed by atoms with Crippen LogP contribution in [0.2, 0.25) is 0 Å². The van der Waals surface area contributed by atoms with Gasteiger partial charge in [-0.05, 0) is 30.3 Å². The maximum absolute atomic E-state index is 13.4. The van der Waals surface area contributed by atoms with Crippen LogP contribution < -0.4 is 11.1 Å². The van der Waals surface area contributed by atoms with Crippen molar-refractivity contribution in [1.29, 1.82) is 5.26 Å². The highest BCUT2D eigenvalue weighted by Crippen LogP contribution is 2.20. The van der Waals surface area contributed by atoms with Crippen LogP contribution in [0.3, 0.4) is 0 Å². The molecule has 0 aromatic heterocycles. The second kappa shape index (κ2) is 5.19. The van der Waals surface area contributed by atoms with Crippen molar-refractivity contribution in [2.24, 2.45) is 0 Å². The highest BCUT2D eigenvalue weighted by molar-refractivity contribution is 6.05. The van der Waals surface area contributed by atoms with E-state index in [1.807, 2.05) is 6.07 Å². The molecule has 0 heterocycles. The number of hydrogen-bond donors (Lipinski definition) is 2. The van der Waals surface area contributed by atoms with Gasteiger partial charge < -0.3 is 11.1 Å². The predicted octanol–water partition coefficient (Wildman–Crippen LogP) is 2.53. The SMILES string of the molecule is N#Cc1ccc(NC(=O)c2ccccc2F)c(N)c1. The van der Waals surface area contributed by atoms with E-state index in [0.717, 1.165) is 0 Å². The molecule has 19 heavy (non-hydrogen) atoms. The van der Waals surface area contributed by atoms with E-state index < -0.39 is 11.7 Å². The first kappa shape index (κ1) is 12.6. The maximum Gasteiger partial charge on any atom is 0.258 e. The number of rotatable bonds is 2. The van der Waals surface area contributed by atoms with Gasteiger partial charge in [-0.15, -0.1) is 0 Å². The molecule has 0 saturated carbocycles. The molecule has 0 spiro atoms. The molecule has 0 radical (unpaired) electrons. The zero-order valence-electron chi connectivity index (χ0n) is 9.85. The summed E-state index contributed by atoms with van der Waals surface area (Å²) < 4.78 is 13.4. The van der Waals surface area contributed by atoms with Gasteiger partial charge in [0.1, 0.15) is 5.82 Å². The van der Waals surface area contributed by atoms with Crippen molar-refractivity contribution in [3.8, 4) is 6.07 Å². The zero-order valence-corrected chi connectivity index (χ0v) is 9.85. The molecule has 0 fully saturated rings. The molecule has 5 heteroatoms. The van der Waals surface area contributed by atoms with E-state index in [1.54, 1.807) is 6.07 Å². The van der Waals surface area contributed by atoms with Gasteiger partial charge in [0, 0.05) is 0 Å². The molecule has 0 aliphatic heterocycles. The van der Waals surface area contributed by atoms with Crippen LogP contribution in [0.25, 0.3) is 0 Å². The number of benzene rings is 2. The molecule has 0 atom stereocenters. The first-order valence-corrected chi connectivity index (χ1v) is 5.47. The lowest BCUT2D eigenvalue weighted by molar-refractivity contribution is 0.102. The largest absolute Gasteiger partial charge is 0.397 e. The summed E-state index contributed by atoms with van der Waals surface area (Å²) in [5.41, 5.74) is 6.62. The van der Waals surface area contributed by atoms with Gasteiger partial charge in [0.2, 0.25) is 0 Å². The Morgan fingerprint density at radius 1 is 1.26 bits per heavy atom. The molecular formula is C14H10FN3O. The Balaban J connectivity index is 2.25. The smallest absolute Gasteiger partial charge is 0.258 e. The van der Waals surface area contributed by atoms with Crippen LogP contribution >= 0.6 is 0 Å². The van der Waals surface area contributed by atoms with Crippen LogP contribution in [0.1, 0.15) is 15.9 Å². The first-order chi connectivity index (χ1) is 9.11. The summed E-state index contributed by atoms with van der Waals surface area (Å²) in [6, 6.07) is 12.1. The van der Waals surface area contributed by atoms with Gasteiger partial charge in [-0.3, -0.25) is 4.79 Å². The van der Waals surface area contributed by atoms with Gasteiger partial charge in [0.05, 0.1) is 28.6 Å². The fraction of sp³-hybridized carbons (Fsp3) is 0. The Kier molecular flexibility index (Phi) is 3.44. The molecule has 4 nitrogen and oxygen atoms in total. The molecule has 2 aromatic carbocycles. The number of hydrogen-bond acceptors (Lipinski definition) is 3. The molecule has 0 saturated heterocycles. The number of nitrogen functional groups attached to an aromatic ring is 1. The van der Waals surface area contributed by atoms with Gasteiger partial charge in [-0.1, -0.05) is 12.1 Å². The van der Waals surface area contributed by atoms with E-state index in [2.05, 4.69) is 5.32 Å². The van der Waals surface area contributed by atoms with Gasteiger partial charge in [-0.2, -0.15) is 5.26 Å². The topological polar surface area (TPSA) is 78.9 Å². The molecular weight excluding hydrogens is 245 g/mol. The van der Waals surface area contributed by atoms with Gasteiger partial charge in [-0.25, -0.2) is 4.39 Å². The highest BCUT2D eigenvalue weighted by Gasteiger charge is 2.12. The number of amides is 1. The minimum atomic E-state index is -0.604. The molecule has 0 aliphatic rings.